The third kappa shape index (κ3) is 4.45. The van der Waals surface area contributed by atoms with Crippen molar-refractivity contribution < 1.29 is 19.4 Å². The number of rotatable bonds is 6. The van der Waals surface area contributed by atoms with Crippen molar-refractivity contribution in [3.8, 4) is 11.5 Å². The van der Waals surface area contributed by atoms with Gasteiger partial charge in [0.25, 0.3) is 5.91 Å². The van der Waals surface area contributed by atoms with Gasteiger partial charge in [-0.3, -0.25) is 4.79 Å². The van der Waals surface area contributed by atoms with E-state index in [2.05, 4.69) is 10.5 Å². The van der Waals surface area contributed by atoms with Crippen LogP contribution in [0.1, 0.15) is 17.5 Å². The van der Waals surface area contributed by atoms with Gasteiger partial charge in [-0.05, 0) is 35.4 Å². The summed E-state index contributed by atoms with van der Waals surface area (Å²) < 4.78 is 10.5. The molecule has 3 rings (SSSR count). The second-order valence-corrected chi connectivity index (χ2v) is 5.37. The van der Waals surface area contributed by atoms with E-state index in [1.54, 1.807) is 18.2 Å². The predicted octanol–water partition coefficient (Wildman–Crippen LogP) is 2.33. The van der Waals surface area contributed by atoms with E-state index in [9.17, 15) is 9.90 Å². The normalized spacial score (nSPS) is 13.2. The minimum Gasteiger partial charge on any atom is -0.454 e. The van der Waals surface area contributed by atoms with Crippen molar-refractivity contribution in [3.63, 3.8) is 0 Å². The molecular weight excluding hydrogens is 320 g/mol. The lowest BCUT2D eigenvalue weighted by Crippen LogP contribution is -2.20. The van der Waals surface area contributed by atoms with Crippen molar-refractivity contribution in [1.29, 1.82) is 0 Å². The standard InChI is InChI=1S/C19H18N2O4/c22-9-8-16(10-14-4-2-1-3-5-14)19(23)21-20-12-15-6-7-17-18(11-15)25-13-24-17/h1-7,10-12,22H,8-9,13H2,(H,21,23)/b16-10+,20-12?. The van der Waals surface area contributed by atoms with Gasteiger partial charge in [-0.25, -0.2) is 5.43 Å². The molecule has 0 bridgehead atoms. The average molecular weight is 338 g/mol. The Hall–Kier alpha value is -3.12. The number of benzene rings is 2. The molecule has 0 aromatic heterocycles. The maximum absolute atomic E-state index is 12.3. The second-order valence-electron chi connectivity index (χ2n) is 5.37. The summed E-state index contributed by atoms with van der Waals surface area (Å²) in [6.07, 6.45) is 3.51. The van der Waals surface area contributed by atoms with Crippen LogP contribution in [0.4, 0.5) is 0 Å². The molecule has 0 atom stereocenters. The van der Waals surface area contributed by atoms with Gasteiger partial charge < -0.3 is 14.6 Å². The molecule has 0 saturated heterocycles. The number of carbonyl (C=O) groups excluding carboxylic acids is 1. The summed E-state index contributed by atoms with van der Waals surface area (Å²) in [7, 11) is 0. The fourth-order valence-electron chi connectivity index (χ4n) is 2.35. The SMILES string of the molecule is O=C(NN=Cc1ccc2c(c1)OCO2)/C(=C/c1ccccc1)CCO. The molecule has 6 nitrogen and oxygen atoms in total. The Labute approximate surface area is 145 Å². The summed E-state index contributed by atoms with van der Waals surface area (Å²) in [5.41, 5.74) is 4.61. The van der Waals surface area contributed by atoms with Crippen molar-refractivity contribution in [2.75, 3.05) is 13.4 Å². The van der Waals surface area contributed by atoms with Crippen LogP contribution in [0.2, 0.25) is 0 Å². The quantitative estimate of drug-likeness (QED) is 0.481. The Morgan fingerprint density at radius 1 is 1.12 bits per heavy atom. The third-order valence-electron chi connectivity index (χ3n) is 3.59. The zero-order chi connectivity index (χ0) is 17.5. The molecule has 1 aliphatic rings. The predicted molar refractivity (Wildman–Crippen MR) is 94.4 cm³/mol. The van der Waals surface area contributed by atoms with Crippen molar-refractivity contribution in [2.45, 2.75) is 6.42 Å². The second kappa shape index (κ2) is 8.12. The number of aliphatic hydroxyl groups excluding tert-OH is 1. The van der Waals surface area contributed by atoms with Crippen LogP contribution in [-0.4, -0.2) is 30.6 Å². The van der Waals surface area contributed by atoms with Crippen molar-refractivity contribution >= 4 is 18.2 Å². The monoisotopic (exact) mass is 338 g/mol. The molecule has 128 valence electrons. The number of hydrogen-bond acceptors (Lipinski definition) is 5. The average Bonchev–Trinajstić information content (AvgIpc) is 3.10. The number of hydrogen-bond donors (Lipinski definition) is 2. The van der Waals surface area contributed by atoms with Crippen LogP contribution in [-0.2, 0) is 4.79 Å². The number of carbonyl (C=O) groups is 1. The maximum Gasteiger partial charge on any atom is 0.267 e. The molecule has 25 heavy (non-hydrogen) atoms. The van der Waals surface area contributed by atoms with Crippen molar-refractivity contribution in [1.82, 2.24) is 5.43 Å². The number of nitrogens with zero attached hydrogens (tertiary/aromatic N) is 1. The Balaban J connectivity index is 1.66. The number of ether oxygens (including phenoxy) is 2. The fraction of sp³-hybridized carbons (Fsp3) is 0.158. The first-order valence-electron chi connectivity index (χ1n) is 7.86. The summed E-state index contributed by atoms with van der Waals surface area (Å²) in [5.74, 6) is 0.993. The zero-order valence-electron chi connectivity index (χ0n) is 13.5. The number of amides is 1. The lowest BCUT2D eigenvalue weighted by Gasteiger charge is -2.05. The van der Waals surface area contributed by atoms with E-state index in [0.29, 0.717) is 17.1 Å². The molecule has 0 aliphatic carbocycles. The molecule has 0 spiro atoms. The van der Waals surface area contributed by atoms with E-state index in [1.807, 2.05) is 36.4 Å². The molecule has 0 fully saturated rings. The molecule has 1 heterocycles. The van der Waals surface area contributed by atoms with Crippen LogP contribution in [0.3, 0.4) is 0 Å². The molecule has 0 saturated carbocycles. The summed E-state index contributed by atoms with van der Waals surface area (Å²) in [6, 6.07) is 14.8. The first-order chi connectivity index (χ1) is 12.3. The van der Waals surface area contributed by atoms with Crippen molar-refractivity contribution in [3.05, 3.63) is 65.2 Å². The Kier molecular flexibility index (Phi) is 5.43. The van der Waals surface area contributed by atoms with Gasteiger partial charge in [0.05, 0.1) is 6.21 Å². The smallest absolute Gasteiger partial charge is 0.267 e. The highest BCUT2D eigenvalue weighted by atomic mass is 16.7. The van der Waals surface area contributed by atoms with Gasteiger partial charge in [0.1, 0.15) is 0 Å². The van der Waals surface area contributed by atoms with Crippen LogP contribution in [0, 0.1) is 0 Å². The van der Waals surface area contributed by atoms with E-state index >= 15 is 0 Å². The van der Waals surface area contributed by atoms with E-state index in [0.717, 1.165) is 11.1 Å². The molecule has 0 unspecified atom stereocenters. The Morgan fingerprint density at radius 3 is 2.72 bits per heavy atom. The number of nitrogens with one attached hydrogen (secondary N) is 1. The first-order valence-corrected chi connectivity index (χ1v) is 7.86. The van der Waals surface area contributed by atoms with E-state index in [4.69, 9.17) is 9.47 Å². The summed E-state index contributed by atoms with van der Waals surface area (Å²) >= 11 is 0. The molecule has 2 aromatic carbocycles. The van der Waals surface area contributed by atoms with E-state index < -0.39 is 0 Å². The highest BCUT2D eigenvalue weighted by Crippen LogP contribution is 2.31. The highest BCUT2D eigenvalue weighted by Gasteiger charge is 2.12. The molecule has 6 heteroatoms. The Morgan fingerprint density at radius 2 is 1.92 bits per heavy atom. The number of hydrazone groups is 1. The van der Waals surface area contributed by atoms with E-state index in [-0.39, 0.29) is 25.7 Å². The minimum atomic E-state index is -0.352. The van der Waals surface area contributed by atoms with Gasteiger partial charge >= 0.3 is 0 Å². The largest absolute Gasteiger partial charge is 0.454 e. The number of fused-ring (bicyclic) bond motifs is 1. The molecule has 0 radical (unpaired) electrons. The zero-order valence-corrected chi connectivity index (χ0v) is 13.5. The molecule has 1 amide bonds. The highest BCUT2D eigenvalue weighted by molar-refractivity contribution is 5.98. The van der Waals surface area contributed by atoms with Gasteiger partial charge in [0.2, 0.25) is 6.79 Å². The molecular formula is C19H18N2O4. The lowest BCUT2D eigenvalue weighted by atomic mass is 10.1. The first kappa shape index (κ1) is 16.7. The van der Waals surface area contributed by atoms with Crippen molar-refractivity contribution in [2.24, 2.45) is 5.10 Å². The molecule has 1 aliphatic heterocycles. The third-order valence-corrected chi connectivity index (χ3v) is 3.59. The Bertz CT molecular complexity index is 800. The molecule has 2 aromatic rings. The summed E-state index contributed by atoms with van der Waals surface area (Å²) in [5, 5.41) is 13.1. The lowest BCUT2D eigenvalue weighted by molar-refractivity contribution is -0.117. The van der Waals surface area contributed by atoms with Gasteiger partial charge in [-0.1, -0.05) is 30.3 Å². The topological polar surface area (TPSA) is 80.2 Å². The van der Waals surface area contributed by atoms with Crippen LogP contribution in [0.5, 0.6) is 11.5 Å². The van der Waals surface area contributed by atoms with Gasteiger partial charge in [0.15, 0.2) is 11.5 Å². The van der Waals surface area contributed by atoms with Gasteiger partial charge in [-0.2, -0.15) is 5.10 Å². The van der Waals surface area contributed by atoms with Gasteiger partial charge in [0, 0.05) is 18.6 Å². The fourth-order valence-corrected chi connectivity index (χ4v) is 2.35. The van der Waals surface area contributed by atoms with Gasteiger partial charge in [-0.15, -0.1) is 0 Å². The van der Waals surface area contributed by atoms with Crippen LogP contribution in [0.15, 0.2) is 59.2 Å². The number of aliphatic hydroxyl groups is 1. The summed E-state index contributed by atoms with van der Waals surface area (Å²) in [6.45, 7) is 0.0967. The van der Waals surface area contributed by atoms with Crippen LogP contribution >= 0.6 is 0 Å². The maximum atomic E-state index is 12.3. The minimum absolute atomic E-state index is 0.113. The molecule has 2 N–H and O–H groups in total. The van der Waals surface area contributed by atoms with Crippen LogP contribution < -0.4 is 14.9 Å². The van der Waals surface area contributed by atoms with Crippen LogP contribution in [0.25, 0.3) is 6.08 Å². The summed E-state index contributed by atoms with van der Waals surface area (Å²) in [4.78, 5) is 12.3. The van der Waals surface area contributed by atoms with E-state index in [1.165, 1.54) is 6.21 Å².